The third-order valence-corrected chi connectivity index (χ3v) is 4.04. The summed E-state index contributed by atoms with van der Waals surface area (Å²) in [6.45, 7) is 2.04. The molecule has 0 unspecified atom stereocenters. The number of rotatable bonds is 5. The van der Waals surface area contributed by atoms with Crippen molar-refractivity contribution in [1.29, 1.82) is 5.41 Å². The van der Waals surface area contributed by atoms with Crippen LogP contribution < -0.4 is 10.7 Å². The lowest BCUT2D eigenvalue weighted by atomic mass is 10.00. The first-order valence-electron chi connectivity index (χ1n) is 8.08. The SMILES string of the molecule is N=C(/C(=N\NC1CCNCC1)c1ccccc1)c1ccccc1. The van der Waals surface area contributed by atoms with Crippen LogP contribution in [0.1, 0.15) is 24.0 Å². The molecule has 1 heterocycles. The number of piperidine rings is 1. The summed E-state index contributed by atoms with van der Waals surface area (Å²) < 4.78 is 0. The molecule has 0 aliphatic carbocycles. The van der Waals surface area contributed by atoms with Gasteiger partial charge in [-0.15, -0.1) is 0 Å². The van der Waals surface area contributed by atoms with E-state index < -0.39 is 0 Å². The Labute approximate surface area is 137 Å². The predicted octanol–water partition coefficient (Wildman–Crippen LogP) is 2.80. The largest absolute Gasteiger partial charge is 0.317 e. The highest BCUT2D eigenvalue weighted by molar-refractivity contribution is 6.52. The van der Waals surface area contributed by atoms with E-state index in [1.165, 1.54) is 0 Å². The molecule has 0 spiro atoms. The Kier molecular flexibility index (Phi) is 5.17. The first kappa shape index (κ1) is 15.4. The summed E-state index contributed by atoms with van der Waals surface area (Å²) >= 11 is 0. The molecule has 118 valence electrons. The molecule has 4 nitrogen and oxygen atoms in total. The van der Waals surface area contributed by atoms with Crippen molar-refractivity contribution < 1.29 is 0 Å². The number of nitrogens with zero attached hydrogens (tertiary/aromatic N) is 1. The highest BCUT2D eigenvalue weighted by Gasteiger charge is 2.15. The number of benzene rings is 2. The van der Waals surface area contributed by atoms with Crippen molar-refractivity contribution in [3.05, 3.63) is 71.8 Å². The van der Waals surface area contributed by atoms with E-state index in [0.717, 1.165) is 37.1 Å². The monoisotopic (exact) mass is 306 g/mol. The van der Waals surface area contributed by atoms with Crippen molar-refractivity contribution in [2.24, 2.45) is 5.10 Å². The zero-order valence-corrected chi connectivity index (χ0v) is 13.1. The summed E-state index contributed by atoms with van der Waals surface area (Å²) in [5.74, 6) is 0. The Balaban J connectivity index is 1.86. The maximum atomic E-state index is 8.56. The molecule has 1 aliphatic heterocycles. The number of hydrogen-bond donors (Lipinski definition) is 3. The summed E-state index contributed by atoms with van der Waals surface area (Å²) in [5.41, 5.74) is 6.25. The van der Waals surface area contributed by atoms with Crippen molar-refractivity contribution in [2.75, 3.05) is 13.1 Å². The highest BCUT2D eigenvalue weighted by Crippen LogP contribution is 2.10. The molecular formula is C19H22N4. The van der Waals surface area contributed by atoms with Crippen LogP contribution in [-0.4, -0.2) is 30.6 Å². The van der Waals surface area contributed by atoms with E-state index in [9.17, 15) is 0 Å². The van der Waals surface area contributed by atoms with Crippen LogP contribution in [-0.2, 0) is 0 Å². The average Bonchev–Trinajstić information content (AvgIpc) is 2.64. The van der Waals surface area contributed by atoms with E-state index in [0.29, 0.717) is 17.5 Å². The number of hydrazone groups is 1. The first-order valence-corrected chi connectivity index (χ1v) is 8.08. The van der Waals surface area contributed by atoms with Gasteiger partial charge in [0.2, 0.25) is 0 Å². The molecule has 0 atom stereocenters. The second-order valence-corrected chi connectivity index (χ2v) is 5.72. The molecule has 3 N–H and O–H groups in total. The zero-order valence-electron chi connectivity index (χ0n) is 13.1. The standard InChI is InChI=1S/C19H22N4/c20-18(15-7-3-1-4-8-15)19(16-9-5-2-6-10-16)23-22-17-11-13-21-14-12-17/h1-10,17,20-22H,11-14H2/b20-18?,23-19-. The molecule has 2 aromatic carbocycles. The van der Waals surface area contributed by atoms with Gasteiger partial charge in [-0.05, 0) is 25.9 Å². The van der Waals surface area contributed by atoms with Crippen LogP contribution >= 0.6 is 0 Å². The summed E-state index contributed by atoms with van der Waals surface area (Å²) in [5, 5.41) is 16.5. The van der Waals surface area contributed by atoms with Crippen molar-refractivity contribution in [2.45, 2.75) is 18.9 Å². The normalized spacial score (nSPS) is 16.1. The van der Waals surface area contributed by atoms with E-state index in [4.69, 9.17) is 5.41 Å². The zero-order chi connectivity index (χ0) is 15.9. The third-order valence-electron chi connectivity index (χ3n) is 4.04. The molecule has 3 rings (SSSR count). The number of nitrogens with one attached hydrogen (secondary N) is 3. The maximum Gasteiger partial charge on any atom is 0.116 e. The Hall–Kier alpha value is -2.46. The minimum atomic E-state index is 0.374. The Morgan fingerprint density at radius 2 is 1.48 bits per heavy atom. The summed E-state index contributed by atoms with van der Waals surface area (Å²) in [6, 6.07) is 20.1. The van der Waals surface area contributed by atoms with Gasteiger partial charge in [-0.2, -0.15) is 5.10 Å². The summed E-state index contributed by atoms with van der Waals surface area (Å²) in [6.07, 6.45) is 2.12. The second kappa shape index (κ2) is 7.70. The van der Waals surface area contributed by atoms with Crippen molar-refractivity contribution in [3.63, 3.8) is 0 Å². The average molecular weight is 306 g/mol. The van der Waals surface area contributed by atoms with Gasteiger partial charge in [-0.1, -0.05) is 60.7 Å². The van der Waals surface area contributed by atoms with Crippen molar-refractivity contribution in [3.8, 4) is 0 Å². The van der Waals surface area contributed by atoms with Gasteiger partial charge in [-0.25, -0.2) is 0 Å². The fourth-order valence-electron chi connectivity index (χ4n) is 2.71. The fraction of sp³-hybridized carbons (Fsp3) is 0.263. The van der Waals surface area contributed by atoms with E-state index in [1.807, 2.05) is 60.7 Å². The molecule has 4 heteroatoms. The van der Waals surface area contributed by atoms with Gasteiger partial charge in [0.1, 0.15) is 5.71 Å². The van der Waals surface area contributed by atoms with Crippen LogP contribution in [0.25, 0.3) is 0 Å². The summed E-state index contributed by atoms with van der Waals surface area (Å²) in [7, 11) is 0. The first-order chi connectivity index (χ1) is 11.3. The molecule has 2 aromatic rings. The molecule has 0 aromatic heterocycles. The fourth-order valence-corrected chi connectivity index (χ4v) is 2.71. The lowest BCUT2D eigenvalue weighted by Gasteiger charge is -2.22. The minimum Gasteiger partial charge on any atom is -0.317 e. The van der Waals surface area contributed by atoms with Crippen molar-refractivity contribution >= 4 is 11.4 Å². The van der Waals surface area contributed by atoms with E-state index in [1.54, 1.807) is 0 Å². The molecule has 0 radical (unpaired) electrons. The lowest BCUT2D eigenvalue weighted by molar-refractivity contribution is 0.395. The van der Waals surface area contributed by atoms with Crippen LogP contribution in [0.5, 0.6) is 0 Å². The Morgan fingerprint density at radius 3 is 2.09 bits per heavy atom. The predicted molar refractivity (Wildman–Crippen MR) is 95.3 cm³/mol. The molecule has 0 saturated carbocycles. The van der Waals surface area contributed by atoms with Crippen molar-refractivity contribution in [1.82, 2.24) is 10.7 Å². The van der Waals surface area contributed by atoms with Gasteiger partial charge in [0, 0.05) is 17.2 Å². The maximum absolute atomic E-state index is 8.56. The van der Waals surface area contributed by atoms with Gasteiger partial charge >= 0.3 is 0 Å². The Morgan fingerprint density at radius 1 is 0.913 bits per heavy atom. The molecule has 0 amide bonds. The van der Waals surface area contributed by atoms with Crippen LogP contribution in [0.3, 0.4) is 0 Å². The summed E-state index contributed by atoms with van der Waals surface area (Å²) in [4.78, 5) is 0. The Bertz CT molecular complexity index is 658. The van der Waals surface area contributed by atoms with Gasteiger partial charge in [0.05, 0.1) is 5.71 Å². The highest BCUT2D eigenvalue weighted by atomic mass is 15.3. The van der Waals surface area contributed by atoms with Gasteiger partial charge < -0.3 is 10.7 Å². The molecule has 0 bridgehead atoms. The van der Waals surface area contributed by atoms with Crippen LogP contribution in [0.4, 0.5) is 0 Å². The molecule has 1 saturated heterocycles. The second-order valence-electron chi connectivity index (χ2n) is 5.72. The topological polar surface area (TPSA) is 60.3 Å². The molecule has 1 aliphatic rings. The van der Waals surface area contributed by atoms with Gasteiger partial charge in [0.15, 0.2) is 0 Å². The smallest absolute Gasteiger partial charge is 0.116 e. The molecular weight excluding hydrogens is 284 g/mol. The van der Waals surface area contributed by atoms with Crippen LogP contribution in [0.2, 0.25) is 0 Å². The van der Waals surface area contributed by atoms with Gasteiger partial charge in [-0.3, -0.25) is 5.41 Å². The van der Waals surface area contributed by atoms with Crippen LogP contribution in [0.15, 0.2) is 65.8 Å². The van der Waals surface area contributed by atoms with E-state index in [-0.39, 0.29) is 0 Å². The van der Waals surface area contributed by atoms with Crippen LogP contribution in [0, 0.1) is 5.41 Å². The lowest BCUT2D eigenvalue weighted by Crippen LogP contribution is -2.38. The van der Waals surface area contributed by atoms with E-state index in [2.05, 4.69) is 15.8 Å². The van der Waals surface area contributed by atoms with E-state index >= 15 is 0 Å². The minimum absolute atomic E-state index is 0.374. The quantitative estimate of drug-likeness (QED) is 0.587. The molecule has 1 fully saturated rings. The number of hydrogen-bond acceptors (Lipinski definition) is 4. The third kappa shape index (κ3) is 4.05. The van der Waals surface area contributed by atoms with Gasteiger partial charge in [0.25, 0.3) is 0 Å². The molecule has 23 heavy (non-hydrogen) atoms.